The molecular weight excluding hydrogens is 584 g/mol. The van der Waals surface area contributed by atoms with Crippen molar-refractivity contribution >= 4 is 79.7 Å². The Balaban J connectivity index is 2.82. The van der Waals surface area contributed by atoms with Gasteiger partial charge in [0.1, 0.15) is 6.61 Å². The fourth-order valence-electron chi connectivity index (χ4n) is 0.999. The number of esters is 1. The van der Waals surface area contributed by atoms with Gasteiger partial charge in [0.05, 0.1) is 11.5 Å². The van der Waals surface area contributed by atoms with E-state index < -0.39 is 24.7 Å². The summed E-state index contributed by atoms with van der Waals surface area (Å²) in [6.45, 7) is -0.848. The Morgan fingerprint density at radius 3 is 2.50 bits per heavy atom. The number of hydrogen-bond acceptors (Lipinski definition) is 4. The van der Waals surface area contributed by atoms with Gasteiger partial charge in [-0.25, -0.2) is 9.18 Å². The van der Waals surface area contributed by atoms with Crippen LogP contribution >= 0.6 is 67.8 Å². The highest BCUT2D eigenvalue weighted by molar-refractivity contribution is 14.1. The largest absolute Gasteiger partial charge is 0.547 e. The van der Waals surface area contributed by atoms with Crippen molar-refractivity contribution in [3.8, 4) is 0 Å². The van der Waals surface area contributed by atoms with Crippen LogP contribution in [-0.2, 0) is 9.53 Å². The number of ether oxygens (including phenoxy) is 1. The van der Waals surface area contributed by atoms with Gasteiger partial charge < -0.3 is 14.6 Å². The van der Waals surface area contributed by atoms with Crippen LogP contribution in [0.15, 0.2) is 12.1 Å². The lowest BCUT2D eigenvalue weighted by Gasteiger charge is -2.11. The lowest BCUT2D eigenvalue weighted by molar-refractivity contribution is -0.312. The molecule has 8 heteroatoms. The van der Waals surface area contributed by atoms with Gasteiger partial charge in [-0.3, -0.25) is 0 Å². The molecule has 1 rings (SSSR count). The smallest absolute Gasteiger partial charge is 0.339 e. The average Bonchev–Trinajstić information content (AvgIpc) is 2.29. The van der Waals surface area contributed by atoms with E-state index in [2.05, 4.69) is 27.3 Å². The van der Waals surface area contributed by atoms with Gasteiger partial charge in [0.25, 0.3) is 0 Å². The molecule has 0 aromatic heterocycles. The minimum Gasteiger partial charge on any atom is -0.547 e. The van der Waals surface area contributed by atoms with Gasteiger partial charge >= 0.3 is 5.97 Å². The zero-order valence-electron chi connectivity index (χ0n) is 8.58. The van der Waals surface area contributed by atoms with E-state index in [1.54, 1.807) is 6.07 Å². The van der Waals surface area contributed by atoms with E-state index in [4.69, 9.17) is 0 Å². The van der Waals surface area contributed by atoms with Crippen LogP contribution in [0.2, 0.25) is 0 Å². The number of benzene rings is 1. The summed E-state index contributed by atoms with van der Waals surface area (Å²) in [5, 5.41) is 10.1. The zero-order chi connectivity index (χ0) is 13.9. The second-order valence-electron chi connectivity index (χ2n) is 3.13. The van der Waals surface area contributed by atoms with Crippen molar-refractivity contribution in [1.29, 1.82) is 0 Å². The fourth-order valence-corrected chi connectivity index (χ4v) is 3.38. The highest BCUT2D eigenvalue weighted by Gasteiger charge is 2.17. The molecule has 1 unspecified atom stereocenters. The molecule has 1 aromatic carbocycles. The lowest BCUT2D eigenvalue weighted by Crippen LogP contribution is -2.36. The summed E-state index contributed by atoms with van der Waals surface area (Å²) in [6.07, 6.45) is -2.31. The van der Waals surface area contributed by atoms with Crippen molar-refractivity contribution < 1.29 is 23.8 Å². The van der Waals surface area contributed by atoms with Crippen LogP contribution < -0.4 is 5.11 Å². The maximum atomic E-state index is 12.7. The van der Waals surface area contributed by atoms with Gasteiger partial charge in [-0.15, -0.1) is 0 Å². The first kappa shape index (κ1) is 16.3. The minimum atomic E-state index is -2.31. The number of carbonyl (C=O) groups excluding carboxylic acids is 2. The summed E-state index contributed by atoms with van der Waals surface area (Å²) >= 11 is 6.08. The molecule has 4 nitrogen and oxygen atoms in total. The Morgan fingerprint density at radius 2 is 1.94 bits per heavy atom. The number of hydrogen-bond donors (Lipinski definition) is 0. The third kappa shape index (κ3) is 4.43. The molecule has 0 N–H and O–H groups in total. The summed E-state index contributed by atoms with van der Waals surface area (Å²) in [5.74, 6) is -2.64. The molecule has 0 heterocycles. The second kappa shape index (κ2) is 7.17. The number of carboxylic acids is 1. The van der Waals surface area contributed by atoms with E-state index in [1.807, 2.05) is 51.2 Å². The monoisotopic (exact) mass is 589 g/mol. The first-order valence-corrected chi connectivity index (χ1v) is 7.73. The molecule has 1 atom stereocenters. The van der Waals surface area contributed by atoms with E-state index in [1.165, 1.54) is 0 Å². The molecule has 1 aromatic rings. The molecule has 0 aliphatic heterocycles. The fraction of sp³-hybridized carbons (Fsp3) is 0.200. The molecule has 0 amide bonds. The topological polar surface area (TPSA) is 66.4 Å². The Hall–Kier alpha value is 0.280. The van der Waals surface area contributed by atoms with Gasteiger partial charge in [-0.05, 0) is 79.9 Å². The van der Waals surface area contributed by atoms with Crippen molar-refractivity contribution in [2.24, 2.45) is 0 Å². The maximum absolute atomic E-state index is 12.7. The summed E-state index contributed by atoms with van der Waals surface area (Å²) in [4.78, 5) is 21.8. The predicted octanol–water partition coefficient (Wildman–Crippen LogP) is 1.75. The van der Waals surface area contributed by atoms with Crippen LogP contribution in [-0.4, -0.2) is 24.7 Å². The van der Waals surface area contributed by atoms with E-state index in [0.29, 0.717) is 3.57 Å². The Bertz CT molecular complexity index is 492. The van der Waals surface area contributed by atoms with Crippen molar-refractivity contribution in [2.45, 2.75) is 6.17 Å². The highest BCUT2D eigenvalue weighted by atomic mass is 127. The first-order valence-electron chi connectivity index (χ1n) is 4.49. The summed E-state index contributed by atoms with van der Waals surface area (Å²) < 4.78 is 19.7. The molecular formula is C10H5FI3O4-. The predicted molar refractivity (Wildman–Crippen MR) is 84.8 cm³/mol. The van der Waals surface area contributed by atoms with E-state index >= 15 is 0 Å². The van der Waals surface area contributed by atoms with Gasteiger partial charge in [-0.2, -0.15) is 0 Å². The second-order valence-corrected chi connectivity index (χ2v) is 6.62. The van der Waals surface area contributed by atoms with Crippen molar-refractivity contribution in [3.63, 3.8) is 0 Å². The van der Waals surface area contributed by atoms with Gasteiger partial charge in [-0.1, -0.05) is 0 Å². The molecule has 98 valence electrons. The molecule has 0 bridgehead atoms. The first-order chi connectivity index (χ1) is 8.32. The Kier molecular flexibility index (Phi) is 6.50. The number of halogens is 4. The van der Waals surface area contributed by atoms with Crippen molar-refractivity contribution in [3.05, 3.63) is 28.4 Å². The number of rotatable bonds is 4. The molecule has 18 heavy (non-hydrogen) atoms. The third-order valence-electron chi connectivity index (χ3n) is 1.83. The summed E-state index contributed by atoms with van der Waals surface area (Å²) in [5.41, 5.74) is 0.289. The molecule has 0 fully saturated rings. The Morgan fingerprint density at radius 1 is 1.33 bits per heavy atom. The van der Waals surface area contributed by atoms with Crippen LogP contribution in [0.5, 0.6) is 0 Å². The highest BCUT2D eigenvalue weighted by Crippen LogP contribution is 2.23. The standard InChI is InChI=1S/C10H6FI3O4/c11-6(9(15)16)3-18-10(17)5-1-4(12)2-7(13)8(5)14/h1-2,6H,3H2,(H,15,16)/p-1. The summed E-state index contributed by atoms with van der Waals surface area (Å²) in [6, 6.07) is 3.47. The van der Waals surface area contributed by atoms with Gasteiger partial charge in [0.2, 0.25) is 0 Å². The molecule has 0 aliphatic carbocycles. The van der Waals surface area contributed by atoms with E-state index in [0.717, 1.165) is 7.14 Å². The molecule has 0 spiro atoms. The maximum Gasteiger partial charge on any atom is 0.339 e. The molecule has 0 saturated heterocycles. The molecule has 0 aliphatic rings. The van der Waals surface area contributed by atoms with Crippen LogP contribution in [0.25, 0.3) is 0 Å². The molecule has 0 saturated carbocycles. The quantitative estimate of drug-likeness (QED) is 0.306. The average molecular weight is 589 g/mol. The number of alkyl halides is 1. The lowest BCUT2D eigenvalue weighted by atomic mass is 10.2. The third-order valence-corrected chi connectivity index (χ3v) is 5.50. The van der Waals surface area contributed by atoms with E-state index in [-0.39, 0.29) is 5.56 Å². The number of carboxylic acid groups (broad SMARTS) is 1. The van der Waals surface area contributed by atoms with E-state index in [9.17, 15) is 19.1 Å². The van der Waals surface area contributed by atoms with Crippen molar-refractivity contribution in [2.75, 3.05) is 6.61 Å². The van der Waals surface area contributed by atoms with Crippen molar-refractivity contribution in [1.82, 2.24) is 0 Å². The summed E-state index contributed by atoms with van der Waals surface area (Å²) in [7, 11) is 0. The minimum absolute atomic E-state index is 0.289. The molecule has 0 radical (unpaired) electrons. The normalized spacial score (nSPS) is 12.0. The van der Waals surface area contributed by atoms with Gasteiger partial charge in [0, 0.05) is 10.7 Å². The van der Waals surface area contributed by atoms with Crippen LogP contribution in [0.4, 0.5) is 4.39 Å². The zero-order valence-corrected chi connectivity index (χ0v) is 15.1. The Labute approximate surface area is 143 Å². The number of aliphatic carboxylic acids is 1. The van der Waals surface area contributed by atoms with Crippen LogP contribution in [0, 0.1) is 10.7 Å². The van der Waals surface area contributed by atoms with Crippen LogP contribution in [0.1, 0.15) is 10.4 Å². The SMILES string of the molecule is O=C(OCC(F)C(=O)[O-])c1cc(I)cc(I)c1I. The van der Waals surface area contributed by atoms with Crippen LogP contribution in [0.3, 0.4) is 0 Å². The van der Waals surface area contributed by atoms with Gasteiger partial charge in [0.15, 0.2) is 6.17 Å². The number of carbonyl (C=O) groups is 2.